The van der Waals surface area contributed by atoms with E-state index in [9.17, 15) is 22.8 Å². The average molecular weight is 539 g/mol. The normalized spacial score (nSPS) is 17.3. The van der Waals surface area contributed by atoms with Gasteiger partial charge < -0.3 is 25.2 Å². The molecule has 3 rings (SSSR count). The Labute approximate surface area is 219 Å². The maximum Gasteiger partial charge on any atom is 0.490 e. The van der Waals surface area contributed by atoms with Crippen molar-refractivity contribution < 1.29 is 42.1 Å². The topological polar surface area (TPSA) is 114 Å². The van der Waals surface area contributed by atoms with Crippen molar-refractivity contribution in [2.45, 2.75) is 57.2 Å². The molecule has 0 radical (unpaired) electrons. The van der Waals surface area contributed by atoms with Crippen LogP contribution in [0.15, 0.2) is 60.7 Å². The Morgan fingerprint density at radius 1 is 1.05 bits per heavy atom. The second kappa shape index (κ2) is 15.1. The van der Waals surface area contributed by atoms with Crippen molar-refractivity contribution in [3.63, 3.8) is 0 Å². The third-order valence-electron chi connectivity index (χ3n) is 6.02. The van der Waals surface area contributed by atoms with E-state index in [1.54, 1.807) is 7.11 Å². The number of esters is 1. The number of hydrogen-bond donors (Lipinski definition) is 3. The molecule has 1 aliphatic rings. The van der Waals surface area contributed by atoms with Crippen LogP contribution in [-0.2, 0) is 36.9 Å². The van der Waals surface area contributed by atoms with Crippen LogP contribution in [0.2, 0.25) is 0 Å². The second-order valence-electron chi connectivity index (χ2n) is 8.84. The molecule has 0 saturated carbocycles. The molecule has 1 saturated heterocycles. The highest BCUT2D eigenvalue weighted by Gasteiger charge is 2.38. The van der Waals surface area contributed by atoms with E-state index in [2.05, 4.69) is 10.6 Å². The van der Waals surface area contributed by atoms with Gasteiger partial charge in [-0.05, 0) is 30.5 Å². The summed E-state index contributed by atoms with van der Waals surface area (Å²) in [5.41, 5.74) is 1.86. The monoisotopic (exact) mass is 538 g/mol. The molecule has 2 aromatic carbocycles. The van der Waals surface area contributed by atoms with Gasteiger partial charge in [0.25, 0.3) is 0 Å². The van der Waals surface area contributed by atoms with Gasteiger partial charge in [-0.25, -0.2) is 9.59 Å². The van der Waals surface area contributed by atoms with E-state index < -0.39 is 30.1 Å². The van der Waals surface area contributed by atoms with Crippen LogP contribution in [0.3, 0.4) is 0 Å². The molecule has 1 amide bonds. The number of ether oxygens (including phenoxy) is 2. The number of nitrogens with one attached hydrogen (secondary N) is 2. The molecular weight excluding hydrogens is 505 g/mol. The summed E-state index contributed by atoms with van der Waals surface area (Å²) < 4.78 is 42.9. The molecule has 38 heavy (non-hydrogen) atoms. The maximum absolute atomic E-state index is 13.1. The van der Waals surface area contributed by atoms with E-state index in [-0.39, 0.29) is 24.7 Å². The van der Waals surface area contributed by atoms with Crippen LogP contribution in [-0.4, -0.2) is 61.0 Å². The SMILES string of the molecule is CO[C@@H]([C@@H]1CCCN1)[C@@H](C)C(=O)N[C@@H](Cc1ccccc1)C(=O)OCc1ccccc1.O=C(O)C(F)(F)F. The molecule has 3 N–H and O–H groups in total. The fraction of sp³-hybridized carbons (Fsp3) is 0.444. The molecule has 1 fully saturated rings. The fourth-order valence-corrected chi connectivity index (χ4v) is 4.03. The number of methoxy groups -OCH3 is 1. The van der Waals surface area contributed by atoms with E-state index in [1.807, 2.05) is 67.6 Å². The Morgan fingerprint density at radius 2 is 1.61 bits per heavy atom. The van der Waals surface area contributed by atoms with Gasteiger partial charge in [-0.15, -0.1) is 0 Å². The van der Waals surface area contributed by atoms with Gasteiger partial charge in [0.1, 0.15) is 12.6 Å². The highest BCUT2D eigenvalue weighted by atomic mass is 19.4. The lowest BCUT2D eigenvalue weighted by molar-refractivity contribution is -0.192. The molecule has 4 atom stereocenters. The number of rotatable bonds is 10. The molecule has 1 heterocycles. The summed E-state index contributed by atoms with van der Waals surface area (Å²) in [6.45, 7) is 2.95. The van der Waals surface area contributed by atoms with Gasteiger partial charge in [0.05, 0.1) is 12.0 Å². The molecule has 8 nitrogen and oxygen atoms in total. The number of hydrogen-bond acceptors (Lipinski definition) is 6. The highest BCUT2D eigenvalue weighted by molar-refractivity contribution is 5.86. The molecule has 0 unspecified atom stereocenters. The summed E-state index contributed by atoms with van der Waals surface area (Å²) >= 11 is 0. The first-order valence-corrected chi connectivity index (χ1v) is 12.1. The molecule has 1 aliphatic heterocycles. The predicted octanol–water partition coefficient (Wildman–Crippen LogP) is 3.49. The lowest BCUT2D eigenvalue weighted by Crippen LogP contribution is -2.51. The maximum atomic E-state index is 13.1. The van der Waals surface area contributed by atoms with Crippen molar-refractivity contribution >= 4 is 17.8 Å². The Kier molecular flexibility index (Phi) is 12.2. The molecule has 0 aliphatic carbocycles. The summed E-state index contributed by atoms with van der Waals surface area (Å²) in [6, 6.07) is 18.5. The van der Waals surface area contributed by atoms with Gasteiger partial charge in [-0.1, -0.05) is 67.6 Å². The van der Waals surface area contributed by atoms with Crippen molar-refractivity contribution in [2.24, 2.45) is 5.92 Å². The minimum absolute atomic E-state index is 0.142. The number of carboxylic acids is 1. The van der Waals surface area contributed by atoms with Crippen molar-refractivity contribution in [1.29, 1.82) is 0 Å². The highest BCUT2D eigenvalue weighted by Crippen LogP contribution is 2.19. The van der Waals surface area contributed by atoms with E-state index >= 15 is 0 Å². The standard InChI is InChI=1S/C25H32N2O4.C2HF3O2/c1-18(23(30-2)21-14-9-15-26-21)24(28)27-22(16-19-10-5-3-6-11-19)25(29)31-17-20-12-7-4-8-13-20;3-2(4,5)1(6)7/h3-8,10-13,18,21-23,26H,9,14-17H2,1-2H3,(H,27,28);(H,6,7)/t18-,21+,22+,23-;/m1./s1. The number of benzene rings is 2. The van der Waals surface area contributed by atoms with Crippen molar-refractivity contribution in [3.05, 3.63) is 71.8 Å². The van der Waals surface area contributed by atoms with Gasteiger partial charge in [0, 0.05) is 19.6 Å². The van der Waals surface area contributed by atoms with Crippen LogP contribution in [0.5, 0.6) is 0 Å². The van der Waals surface area contributed by atoms with Crippen LogP contribution < -0.4 is 10.6 Å². The van der Waals surface area contributed by atoms with Crippen molar-refractivity contribution in [1.82, 2.24) is 10.6 Å². The Morgan fingerprint density at radius 3 is 2.08 bits per heavy atom. The smallest absolute Gasteiger partial charge is 0.475 e. The summed E-state index contributed by atoms with van der Waals surface area (Å²) in [6.07, 6.45) is -2.92. The average Bonchev–Trinajstić information content (AvgIpc) is 3.43. The van der Waals surface area contributed by atoms with E-state index in [0.29, 0.717) is 6.42 Å². The van der Waals surface area contributed by atoms with Crippen LogP contribution >= 0.6 is 0 Å². The van der Waals surface area contributed by atoms with Gasteiger partial charge in [-0.3, -0.25) is 4.79 Å². The third-order valence-corrected chi connectivity index (χ3v) is 6.02. The number of amides is 1. The lowest BCUT2D eigenvalue weighted by atomic mass is 9.95. The van der Waals surface area contributed by atoms with Gasteiger partial charge in [-0.2, -0.15) is 13.2 Å². The Hall–Kier alpha value is -3.44. The van der Waals surface area contributed by atoms with Crippen LogP contribution in [0.1, 0.15) is 30.9 Å². The zero-order chi connectivity index (χ0) is 28.1. The number of carbonyl (C=O) groups is 3. The van der Waals surface area contributed by atoms with E-state index in [1.165, 1.54) is 0 Å². The Balaban J connectivity index is 0.000000638. The summed E-state index contributed by atoms with van der Waals surface area (Å²) in [7, 11) is 1.63. The first-order chi connectivity index (χ1) is 18.0. The second-order valence-corrected chi connectivity index (χ2v) is 8.84. The van der Waals surface area contributed by atoms with Gasteiger partial charge in [0.2, 0.25) is 5.91 Å². The number of aliphatic carboxylic acids is 1. The minimum Gasteiger partial charge on any atom is -0.475 e. The summed E-state index contributed by atoms with van der Waals surface area (Å²) in [5, 5.41) is 13.4. The zero-order valence-electron chi connectivity index (χ0n) is 21.2. The number of carboxylic acid groups (broad SMARTS) is 1. The first-order valence-electron chi connectivity index (χ1n) is 12.1. The lowest BCUT2D eigenvalue weighted by Gasteiger charge is -2.29. The number of carbonyl (C=O) groups excluding carboxylic acids is 2. The van der Waals surface area contributed by atoms with Gasteiger partial charge in [0.15, 0.2) is 0 Å². The van der Waals surface area contributed by atoms with Gasteiger partial charge >= 0.3 is 18.1 Å². The molecular formula is C27H33F3N2O6. The van der Waals surface area contributed by atoms with Crippen LogP contribution in [0.4, 0.5) is 13.2 Å². The van der Waals surface area contributed by atoms with Crippen LogP contribution in [0.25, 0.3) is 0 Å². The summed E-state index contributed by atoms with van der Waals surface area (Å²) in [5.74, 6) is -3.81. The summed E-state index contributed by atoms with van der Waals surface area (Å²) in [4.78, 5) is 34.8. The molecule has 2 aromatic rings. The molecule has 208 valence electrons. The zero-order valence-corrected chi connectivity index (χ0v) is 21.2. The van der Waals surface area contributed by atoms with E-state index in [0.717, 1.165) is 30.5 Å². The quantitative estimate of drug-likeness (QED) is 0.397. The molecule has 0 bridgehead atoms. The largest absolute Gasteiger partial charge is 0.490 e. The number of halogens is 3. The van der Waals surface area contributed by atoms with Crippen LogP contribution in [0, 0.1) is 5.92 Å². The molecule has 0 aromatic heterocycles. The first kappa shape index (κ1) is 30.8. The fourth-order valence-electron chi connectivity index (χ4n) is 4.03. The molecule has 11 heteroatoms. The predicted molar refractivity (Wildman–Crippen MR) is 133 cm³/mol. The third kappa shape index (κ3) is 10.1. The minimum atomic E-state index is -5.08. The number of alkyl halides is 3. The molecule has 0 spiro atoms. The van der Waals surface area contributed by atoms with Crippen molar-refractivity contribution in [3.8, 4) is 0 Å². The van der Waals surface area contributed by atoms with Crippen molar-refractivity contribution in [2.75, 3.05) is 13.7 Å². The van der Waals surface area contributed by atoms with E-state index in [4.69, 9.17) is 19.4 Å². The Bertz CT molecular complexity index is 1010.